The summed E-state index contributed by atoms with van der Waals surface area (Å²) in [5.41, 5.74) is 2.86. The van der Waals surface area contributed by atoms with Crippen LogP contribution in [0.15, 0.2) is 54.6 Å². The van der Waals surface area contributed by atoms with Gasteiger partial charge in [-0.1, -0.05) is 30.3 Å². The first-order valence-electron chi connectivity index (χ1n) is 8.54. The first kappa shape index (κ1) is 17.0. The molecule has 1 unspecified atom stereocenters. The number of amides is 2. The molecule has 0 aliphatic carbocycles. The lowest BCUT2D eigenvalue weighted by Crippen LogP contribution is -2.23. The van der Waals surface area contributed by atoms with Crippen molar-refractivity contribution in [3.8, 4) is 11.1 Å². The quantitative estimate of drug-likeness (QED) is 0.744. The maximum atomic E-state index is 13.2. The van der Waals surface area contributed by atoms with E-state index in [-0.39, 0.29) is 24.1 Å². The highest BCUT2D eigenvalue weighted by atomic mass is 19.1. The summed E-state index contributed by atoms with van der Waals surface area (Å²) in [5.74, 6) is -0.365. The van der Waals surface area contributed by atoms with Gasteiger partial charge in [-0.05, 0) is 36.8 Å². The van der Waals surface area contributed by atoms with Crippen LogP contribution in [0.2, 0.25) is 0 Å². The Balaban J connectivity index is 1.59. The van der Waals surface area contributed by atoms with Gasteiger partial charge in [-0.2, -0.15) is 5.10 Å². The summed E-state index contributed by atoms with van der Waals surface area (Å²) in [4.78, 5) is 24.8. The van der Waals surface area contributed by atoms with Gasteiger partial charge in [0, 0.05) is 11.3 Å². The van der Waals surface area contributed by atoms with Crippen molar-refractivity contribution in [2.75, 3.05) is 10.6 Å². The number of aryl methyl sites for hydroxylation is 1. The largest absolute Gasteiger partial charge is 0.326 e. The summed E-state index contributed by atoms with van der Waals surface area (Å²) >= 11 is 0. The molecule has 4 rings (SSSR count). The van der Waals surface area contributed by atoms with Crippen molar-refractivity contribution in [3.05, 3.63) is 66.1 Å². The van der Waals surface area contributed by atoms with E-state index in [0.29, 0.717) is 17.2 Å². The fourth-order valence-electron chi connectivity index (χ4n) is 3.25. The van der Waals surface area contributed by atoms with E-state index in [0.717, 1.165) is 11.1 Å². The Morgan fingerprint density at radius 3 is 2.59 bits per heavy atom. The number of hydrogen-bond donors (Lipinski definition) is 2. The van der Waals surface area contributed by atoms with Gasteiger partial charge in [0.1, 0.15) is 17.7 Å². The third-order valence-corrected chi connectivity index (χ3v) is 4.49. The molecule has 1 aliphatic rings. The Hall–Kier alpha value is -3.48. The topological polar surface area (TPSA) is 76.0 Å². The van der Waals surface area contributed by atoms with Crippen molar-refractivity contribution in [2.24, 2.45) is 0 Å². The van der Waals surface area contributed by atoms with E-state index >= 15 is 0 Å². The molecule has 7 heteroatoms. The Morgan fingerprint density at radius 2 is 1.89 bits per heavy atom. The maximum Gasteiger partial charge on any atom is 0.251 e. The fourth-order valence-corrected chi connectivity index (χ4v) is 3.25. The van der Waals surface area contributed by atoms with Gasteiger partial charge in [0.2, 0.25) is 5.91 Å². The molecule has 27 heavy (non-hydrogen) atoms. The van der Waals surface area contributed by atoms with Crippen LogP contribution in [0.1, 0.15) is 18.2 Å². The zero-order valence-corrected chi connectivity index (χ0v) is 14.6. The third kappa shape index (κ3) is 3.19. The Labute approximate surface area is 155 Å². The van der Waals surface area contributed by atoms with Gasteiger partial charge in [0.15, 0.2) is 0 Å². The summed E-state index contributed by atoms with van der Waals surface area (Å²) in [6.45, 7) is 1.82. The van der Waals surface area contributed by atoms with Crippen molar-refractivity contribution < 1.29 is 14.0 Å². The summed E-state index contributed by atoms with van der Waals surface area (Å²) in [5, 5.41) is 10.0. The average molecular weight is 364 g/mol. The average Bonchev–Trinajstić information content (AvgIpc) is 3.11. The molecule has 3 aromatic rings. The highest BCUT2D eigenvalue weighted by Gasteiger charge is 2.36. The molecule has 6 nitrogen and oxygen atoms in total. The molecule has 2 N–H and O–H groups in total. The lowest BCUT2D eigenvalue weighted by Gasteiger charge is -2.10. The molecule has 0 fully saturated rings. The number of para-hydroxylation sites is 1. The number of halogens is 1. The second kappa shape index (κ2) is 6.68. The van der Waals surface area contributed by atoms with Crippen LogP contribution in [0.3, 0.4) is 0 Å². The van der Waals surface area contributed by atoms with Crippen molar-refractivity contribution in [1.29, 1.82) is 0 Å². The highest BCUT2D eigenvalue weighted by Crippen LogP contribution is 2.38. The van der Waals surface area contributed by atoms with Crippen LogP contribution in [0.4, 0.5) is 15.9 Å². The molecule has 0 radical (unpaired) electrons. The van der Waals surface area contributed by atoms with E-state index in [1.54, 1.807) is 28.9 Å². The molecule has 1 aliphatic heterocycles. The second-order valence-electron chi connectivity index (χ2n) is 6.38. The predicted molar refractivity (Wildman–Crippen MR) is 99.7 cm³/mol. The molecule has 2 amide bonds. The lowest BCUT2D eigenvalue weighted by molar-refractivity contribution is -0.123. The molecule has 1 aromatic heterocycles. The maximum absolute atomic E-state index is 13.2. The molecular weight excluding hydrogens is 347 g/mol. The van der Waals surface area contributed by atoms with E-state index in [1.807, 2.05) is 25.1 Å². The monoisotopic (exact) mass is 364 g/mol. The SMILES string of the molecule is Cc1nn2c(c1-c1ccc(F)cc1)NC(=O)C2CC(=O)Nc1ccccc1. The standard InChI is InChI=1S/C20H17FN4O2/c1-12-18(13-7-9-14(21)10-8-13)19-23-20(27)16(25(19)24-12)11-17(26)22-15-5-3-2-4-6-15/h2-10,16H,11H2,1H3,(H,22,26)(H,23,27). The van der Waals surface area contributed by atoms with E-state index in [9.17, 15) is 14.0 Å². The number of benzene rings is 2. The molecule has 2 heterocycles. The van der Waals surface area contributed by atoms with E-state index < -0.39 is 6.04 Å². The number of anilines is 2. The molecule has 0 spiro atoms. The number of carbonyl (C=O) groups is 2. The van der Waals surface area contributed by atoms with Crippen LogP contribution in [-0.2, 0) is 9.59 Å². The number of aromatic nitrogens is 2. The van der Waals surface area contributed by atoms with Gasteiger partial charge in [0.05, 0.1) is 12.1 Å². The molecule has 2 aromatic carbocycles. The van der Waals surface area contributed by atoms with E-state index in [2.05, 4.69) is 15.7 Å². The first-order chi connectivity index (χ1) is 13.0. The predicted octanol–water partition coefficient (Wildman–Crippen LogP) is 3.52. The van der Waals surface area contributed by atoms with Crippen molar-refractivity contribution in [3.63, 3.8) is 0 Å². The van der Waals surface area contributed by atoms with Gasteiger partial charge in [-0.25, -0.2) is 9.07 Å². The third-order valence-electron chi connectivity index (χ3n) is 4.49. The second-order valence-corrected chi connectivity index (χ2v) is 6.38. The zero-order valence-electron chi connectivity index (χ0n) is 14.6. The number of nitrogens with one attached hydrogen (secondary N) is 2. The number of fused-ring (bicyclic) bond motifs is 1. The Bertz CT molecular complexity index is 1010. The van der Waals surface area contributed by atoms with Gasteiger partial charge in [-0.3, -0.25) is 9.59 Å². The molecule has 136 valence electrons. The van der Waals surface area contributed by atoms with Gasteiger partial charge < -0.3 is 10.6 Å². The van der Waals surface area contributed by atoms with E-state index in [4.69, 9.17) is 0 Å². The molecule has 0 saturated heterocycles. The number of rotatable bonds is 4. The number of carbonyl (C=O) groups excluding carboxylic acids is 2. The fraction of sp³-hybridized carbons (Fsp3) is 0.150. The molecular formula is C20H17FN4O2. The number of nitrogens with zero attached hydrogens (tertiary/aromatic N) is 2. The van der Waals surface area contributed by atoms with Crippen LogP contribution in [-0.4, -0.2) is 21.6 Å². The van der Waals surface area contributed by atoms with Crippen LogP contribution < -0.4 is 10.6 Å². The summed E-state index contributed by atoms with van der Waals surface area (Å²) < 4.78 is 14.8. The smallest absolute Gasteiger partial charge is 0.251 e. The highest BCUT2D eigenvalue weighted by molar-refractivity contribution is 6.04. The zero-order chi connectivity index (χ0) is 19.0. The summed E-state index contributed by atoms with van der Waals surface area (Å²) in [7, 11) is 0. The van der Waals surface area contributed by atoms with Gasteiger partial charge in [0.25, 0.3) is 5.91 Å². The first-order valence-corrected chi connectivity index (χ1v) is 8.54. The molecule has 0 saturated carbocycles. The lowest BCUT2D eigenvalue weighted by atomic mass is 10.1. The van der Waals surface area contributed by atoms with Gasteiger partial charge in [-0.15, -0.1) is 0 Å². The minimum Gasteiger partial charge on any atom is -0.326 e. The van der Waals surface area contributed by atoms with Crippen molar-refractivity contribution >= 4 is 23.3 Å². The van der Waals surface area contributed by atoms with Gasteiger partial charge >= 0.3 is 0 Å². The minimum atomic E-state index is -0.725. The van der Waals surface area contributed by atoms with Crippen LogP contribution >= 0.6 is 0 Å². The van der Waals surface area contributed by atoms with Crippen LogP contribution in [0, 0.1) is 12.7 Å². The molecule has 1 atom stereocenters. The van der Waals surface area contributed by atoms with E-state index in [1.165, 1.54) is 12.1 Å². The Morgan fingerprint density at radius 1 is 1.19 bits per heavy atom. The van der Waals surface area contributed by atoms with Crippen LogP contribution in [0.5, 0.6) is 0 Å². The van der Waals surface area contributed by atoms with Crippen molar-refractivity contribution in [1.82, 2.24) is 9.78 Å². The number of hydrogen-bond acceptors (Lipinski definition) is 3. The van der Waals surface area contributed by atoms with Crippen LogP contribution in [0.25, 0.3) is 11.1 Å². The summed E-state index contributed by atoms with van der Waals surface area (Å²) in [6.07, 6.45) is -0.0301. The Kier molecular flexibility index (Phi) is 4.19. The normalized spacial score (nSPS) is 15.3. The van der Waals surface area contributed by atoms with Crippen molar-refractivity contribution in [2.45, 2.75) is 19.4 Å². The minimum absolute atomic E-state index is 0.0301. The summed E-state index contributed by atoms with van der Waals surface area (Å²) in [6, 6.07) is 14.3. The molecule has 0 bridgehead atoms.